The topological polar surface area (TPSA) is 108 Å². The summed E-state index contributed by atoms with van der Waals surface area (Å²) < 4.78 is 41.8. The van der Waals surface area contributed by atoms with Crippen molar-refractivity contribution < 1.29 is 32.2 Å². The highest BCUT2D eigenvalue weighted by atomic mass is 32.2. The molecule has 0 fully saturated rings. The lowest BCUT2D eigenvalue weighted by Crippen LogP contribution is -2.27. The van der Waals surface area contributed by atoms with Gasteiger partial charge in [-0.1, -0.05) is 17.7 Å². The molecular formula is C20H23NO7S. The number of hydrogen-bond acceptors (Lipinski definition) is 7. The molecule has 0 spiro atoms. The molecule has 0 aliphatic carbocycles. The molecule has 0 aliphatic heterocycles. The van der Waals surface area contributed by atoms with E-state index in [1.807, 2.05) is 6.92 Å². The highest BCUT2D eigenvalue weighted by Crippen LogP contribution is 2.27. The standard InChI is InChI=1S/C20H23NO7S/c1-14-4-7-16(8-5-14)29(24,25)21-11-10-20(23)28-13-17(22)15-6-9-18(26-2)19(12-15)27-3/h4-9,12,21H,10-11,13H2,1-3H3. The number of rotatable bonds is 10. The number of ether oxygens (including phenoxy) is 3. The average Bonchev–Trinajstić information content (AvgIpc) is 2.71. The molecular weight excluding hydrogens is 398 g/mol. The van der Waals surface area contributed by atoms with Crippen LogP contribution >= 0.6 is 0 Å². The average molecular weight is 421 g/mol. The predicted molar refractivity (Wildman–Crippen MR) is 106 cm³/mol. The lowest BCUT2D eigenvalue weighted by molar-refractivity contribution is -0.142. The molecule has 2 aromatic rings. The van der Waals surface area contributed by atoms with Gasteiger partial charge in [-0.05, 0) is 37.3 Å². The summed E-state index contributed by atoms with van der Waals surface area (Å²) in [7, 11) is -0.783. The summed E-state index contributed by atoms with van der Waals surface area (Å²) in [6.07, 6.45) is -0.204. The van der Waals surface area contributed by atoms with Gasteiger partial charge in [0.25, 0.3) is 0 Å². The van der Waals surface area contributed by atoms with Crippen LogP contribution in [0.25, 0.3) is 0 Å². The Labute approximate surface area is 169 Å². The Bertz CT molecular complexity index is 969. The smallest absolute Gasteiger partial charge is 0.307 e. The number of sulfonamides is 1. The molecule has 0 atom stereocenters. The minimum Gasteiger partial charge on any atom is -0.493 e. The summed E-state index contributed by atoms with van der Waals surface area (Å²) in [5, 5.41) is 0. The molecule has 156 valence electrons. The summed E-state index contributed by atoms with van der Waals surface area (Å²) in [6, 6.07) is 10.9. The quantitative estimate of drug-likeness (QED) is 0.462. The van der Waals surface area contributed by atoms with Crippen molar-refractivity contribution in [2.75, 3.05) is 27.4 Å². The Kier molecular flexibility index (Phi) is 7.74. The number of benzene rings is 2. The Morgan fingerprint density at radius 3 is 2.24 bits per heavy atom. The van der Waals surface area contributed by atoms with Crippen molar-refractivity contribution in [1.29, 1.82) is 0 Å². The zero-order chi connectivity index (χ0) is 21.4. The second kappa shape index (κ2) is 10.0. The first-order chi connectivity index (χ1) is 13.8. The monoisotopic (exact) mass is 421 g/mol. The number of carbonyl (C=O) groups excluding carboxylic acids is 2. The third-order valence-electron chi connectivity index (χ3n) is 4.02. The molecule has 2 aromatic carbocycles. The van der Waals surface area contributed by atoms with Gasteiger partial charge >= 0.3 is 5.97 Å². The molecule has 0 heterocycles. The fraction of sp³-hybridized carbons (Fsp3) is 0.300. The van der Waals surface area contributed by atoms with Crippen molar-refractivity contribution in [2.45, 2.75) is 18.2 Å². The lowest BCUT2D eigenvalue weighted by Gasteiger charge is -2.10. The van der Waals surface area contributed by atoms with Crippen LogP contribution in [-0.4, -0.2) is 47.5 Å². The van der Waals surface area contributed by atoms with Gasteiger partial charge in [0.1, 0.15) is 0 Å². The maximum Gasteiger partial charge on any atom is 0.307 e. The van der Waals surface area contributed by atoms with E-state index in [0.717, 1.165) is 5.56 Å². The first kappa shape index (κ1) is 22.4. The van der Waals surface area contributed by atoms with Gasteiger partial charge in [0, 0.05) is 12.1 Å². The minimum absolute atomic E-state index is 0.111. The van der Waals surface area contributed by atoms with Crippen molar-refractivity contribution in [1.82, 2.24) is 4.72 Å². The fourth-order valence-corrected chi connectivity index (χ4v) is 3.43. The molecule has 0 unspecified atom stereocenters. The van der Waals surface area contributed by atoms with Crippen LogP contribution in [0.1, 0.15) is 22.3 Å². The highest BCUT2D eigenvalue weighted by Gasteiger charge is 2.16. The van der Waals surface area contributed by atoms with Gasteiger partial charge in [-0.3, -0.25) is 9.59 Å². The van der Waals surface area contributed by atoms with E-state index in [4.69, 9.17) is 14.2 Å². The number of esters is 1. The molecule has 0 saturated carbocycles. The summed E-state index contributed by atoms with van der Waals surface area (Å²) in [5.74, 6) is -0.248. The van der Waals surface area contributed by atoms with Gasteiger partial charge in [0.2, 0.25) is 10.0 Å². The van der Waals surface area contributed by atoms with E-state index < -0.39 is 28.4 Å². The van der Waals surface area contributed by atoms with Gasteiger partial charge in [-0.2, -0.15) is 0 Å². The van der Waals surface area contributed by atoms with Gasteiger partial charge in [0.15, 0.2) is 23.9 Å². The molecule has 1 N–H and O–H groups in total. The maximum absolute atomic E-state index is 12.2. The predicted octanol–water partition coefficient (Wildman–Crippen LogP) is 2.11. The van der Waals surface area contributed by atoms with E-state index in [2.05, 4.69) is 4.72 Å². The highest BCUT2D eigenvalue weighted by molar-refractivity contribution is 7.89. The first-order valence-corrected chi connectivity index (χ1v) is 10.2. The maximum atomic E-state index is 12.2. The number of ketones is 1. The van der Waals surface area contributed by atoms with Crippen LogP contribution in [0.2, 0.25) is 0 Å². The third-order valence-corrected chi connectivity index (χ3v) is 5.50. The number of Topliss-reactive ketones (excluding diaryl/α,β-unsaturated/α-hetero) is 1. The van der Waals surface area contributed by atoms with Crippen LogP contribution in [0.3, 0.4) is 0 Å². The van der Waals surface area contributed by atoms with Gasteiger partial charge in [0.05, 0.1) is 25.5 Å². The van der Waals surface area contributed by atoms with Crippen LogP contribution in [0.5, 0.6) is 11.5 Å². The Morgan fingerprint density at radius 1 is 0.966 bits per heavy atom. The Morgan fingerprint density at radius 2 is 1.62 bits per heavy atom. The lowest BCUT2D eigenvalue weighted by atomic mass is 10.1. The van der Waals surface area contributed by atoms with E-state index in [0.29, 0.717) is 17.1 Å². The van der Waals surface area contributed by atoms with Gasteiger partial charge < -0.3 is 14.2 Å². The molecule has 0 aromatic heterocycles. The van der Waals surface area contributed by atoms with E-state index in [-0.39, 0.29) is 17.9 Å². The van der Waals surface area contributed by atoms with Gasteiger partial charge in [-0.25, -0.2) is 13.1 Å². The summed E-state index contributed by atoms with van der Waals surface area (Å²) in [4.78, 5) is 24.1. The second-order valence-corrected chi connectivity index (χ2v) is 7.88. The Hall–Kier alpha value is -2.91. The van der Waals surface area contributed by atoms with Crippen molar-refractivity contribution in [2.24, 2.45) is 0 Å². The molecule has 0 aliphatic rings. The SMILES string of the molecule is COc1ccc(C(=O)COC(=O)CCNS(=O)(=O)c2ccc(C)cc2)cc1OC. The molecule has 8 nitrogen and oxygen atoms in total. The number of carbonyl (C=O) groups is 2. The van der Waals surface area contributed by atoms with Crippen LogP contribution < -0.4 is 14.2 Å². The van der Waals surface area contributed by atoms with Crippen molar-refractivity contribution in [3.8, 4) is 11.5 Å². The number of methoxy groups -OCH3 is 2. The fourth-order valence-electron chi connectivity index (χ4n) is 2.40. The van der Waals surface area contributed by atoms with Crippen molar-refractivity contribution in [3.63, 3.8) is 0 Å². The largest absolute Gasteiger partial charge is 0.493 e. The Balaban J connectivity index is 1.82. The molecule has 2 rings (SSSR count). The summed E-state index contributed by atoms with van der Waals surface area (Å²) >= 11 is 0. The molecule has 9 heteroatoms. The van der Waals surface area contributed by atoms with Crippen molar-refractivity contribution >= 4 is 21.8 Å². The number of aryl methyl sites for hydroxylation is 1. The van der Waals surface area contributed by atoms with Crippen LogP contribution in [0.4, 0.5) is 0 Å². The first-order valence-electron chi connectivity index (χ1n) is 8.74. The normalized spacial score (nSPS) is 11.0. The number of hydrogen-bond donors (Lipinski definition) is 1. The van der Waals surface area contributed by atoms with E-state index in [1.165, 1.54) is 38.5 Å². The molecule has 0 saturated heterocycles. The van der Waals surface area contributed by atoms with Crippen LogP contribution in [-0.2, 0) is 19.6 Å². The van der Waals surface area contributed by atoms with Crippen LogP contribution in [0, 0.1) is 6.92 Å². The zero-order valence-electron chi connectivity index (χ0n) is 16.4. The minimum atomic E-state index is -3.71. The summed E-state index contributed by atoms with van der Waals surface area (Å²) in [6.45, 7) is 1.25. The zero-order valence-corrected chi connectivity index (χ0v) is 17.2. The molecule has 0 radical (unpaired) electrons. The van der Waals surface area contributed by atoms with Gasteiger partial charge in [-0.15, -0.1) is 0 Å². The van der Waals surface area contributed by atoms with E-state index in [1.54, 1.807) is 18.2 Å². The van der Waals surface area contributed by atoms with E-state index >= 15 is 0 Å². The number of nitrogens with one attached hydrogen (secondary N) is 1. The third kappa shape index (κ3) is 6.30. The molecule has 29 heavy (non-hydrogen) atoms. The molecule has 0 amide bonds. The van der Waals surface area contributed by atoms with Crippen LogP contribution in [0.15, 0.2) is 47.4 Å². The van der Waals surface area contributed by atoms with Crippen molar-refractivity contribution in [3.05, 3.63) is 53.6 Å². The summed E-state index contributed by atoms with van der Waals surface area (Å²) in [5.41, 5.74) is 1.24. The van der Waals surface area contributed by atoms with E-state index in [9.17, 15) is 18.0 Å². The molecule has 0 bridgehead atoms. The second-order valence-electron chi connectivity index (χ2n) is 6.11.